The Morgan fingerprint density at radius 2 is 1.89 bits per heavy atom. The van der Waals surface area contributed by atoms with Crippen LogP contribution in [-0.2, 0) is 0 Å². The van der Waals surface area contributed by atoms with Gasteiger partial charge in [-0.25, -0.2) is 0 Å². The molecule has 0 bridgehead atoms. The van der Waals surface area contributed by atoms with Gasteiger partial charge < -0.3 is 10.5 Å². The van der Waals surface area contributed by atoms with Gasteiger partial charge in [-0.05, 0) is 42.2 Å². The summed E-state index contributed by atoms with van der Waals surface area (Å²) in [6.07, 6.45) is 0. The van der Waals surface area contributed by atoms with Crippen molar-refractivity contribution in [2.75, 3.05) is 5.73 Å². The van der Waals surface area contributed by atoms with E-state index in [2.05, 4.69) is 37.0 Å². The third-order valence-corrected chi connectivity index (χ3v) is 2.75. The van der Waals surface area contributed by atoms with Crippen molar-refractivity contribution in [3.8, 4) is 11.6 Å². The van der Waals surface area contributed by atoms with Crippen LogP contribution in [0.1, 0.15) is 30.9 Å². The topological polar surface area (TPSA) is 61.0 Å². The zero-order chi connectivity index (χ0) is 13.1. The van der Waals surface area contributed by atoms with Crippen molar-refractivity contribution >= 4 is 5.82 Å². The van der Waals surface area contributed by atoms with Gasteiger partial charge in [-0.15, -0.1) is 10.2 Å². The highest BCUT2D eigenvalue weighted by molar-refractivity contribution is 5.38. The van der Waals surface area contributed by atoms with Crippen molar-refractivity contribution in [1.29, 1.82) is 0 Å². The Hall–Kier alpha value is -2.10. The van der Waals surface area contributed by atoms with Crippen molar-refractivity contribution in [2.45, 2.75) is 26.7 Å². The highest BCUT2D eigenvalue weighted by atomic mass is 16.5. The monoisotopic (exact) mass is 243 g/mol. The molecule has 2 aromatic rings. The smallest absolute Gasteiger partial charge is 0.238 e. The van der Waals surface area contributed by atoms with Gasteiger partial charge in [0.05, 0.1) is 0 Å². The Kier molecular flexibility index (Phi) is 3.46. The molecule has 0 spiro atoms. The van der Waals surface area contributed by atoms with Gasteiger partial charge in [-0.2, -0.15) is 0 Å². The third-order valence-electron chi connectivity index (χ3n) is 2.75. The number of benzene rings is 1. The van der Waals surface area contributed by atoms with Gasteiger partial charge in [0.15, 0.2) is 0 Å². The lowest BCUT2D eigenvalue weighted by molar-refractivity contribution is 0.455. The van der Waals surface area contributed by atoms with Gasteiger partial charge in [0.1, 0.15) is 11.6 Å². The molecular weight excluding hydrogens is 226 g/mol. The molecule has 4 nitrogen and oxygen atoms in total. The number of aromatic nitrogens is 2. The molecule has 94 valence electrons. The molecule has 0 aliphatic heterocycles. The predicted octanol–water partition coefficient (Wildman–Crippen LogP) is 3.28. The number of nitrogens with zero attached hydrogens (tertiary/aromatic N) is 2. The summed E-state index contributed by atoms with van der Waals surface area (Å²) in [5, 5.41) is 7.61. The van der Waals surface area contributed by atoms with E-state index in [0.717, 1.165) is 5.75 Å². The summed E-state index contributed by atoms with van der Waals surface area (Å²) in [5.41, 5.74) is 8.01. The van der Waals surface area contributed by atoms with Crippen LogP contribution in [0.4, 0.5) is 5.82 Å². The Morgan fingerprint density at radius 1 is 1.11 bits per heavy atom. The van der Waals surface area contributed by atoms with Crippen LogP contribution in [0.25, 0.3) is 0 Å². The summed E-state index contributed by atoms with van der Waals surface area (Å²) >= 11 is 0. The molecule has 0 aliphatic carbocycles. The molecule has 4 heteroatoms. The van der Waals surface area contributed by atoms with Crippen LogP contribution in [-0.4, -0.2) is 10.2 Å². The number of nitrogens with two attached hydrogens (primary N) is 1. The number of ether oxygens (including phenoxy) is 1. The van der Waals surface area contributed by atoms with Crippen molar-refractivity contribution in [2.24, 2.45) is 0 Å². The second-order valence-corrected chi connectivity index (χ2v) is 4.57. The molecule has 0 unspecified atom stereocenters. The highest BCUT2D eigenvalue weighted by Crippen LogP contribution is 2.26. The van der Waals surface area contributed by atoms with Crippen LogP contribution in [0.3, 0.4) is 0 Å². The SMILES string of the molecule is Cc1cc(Oc2ccc(N)nn2)ccc1C(C)C. The van der Waals surface area contributed by atoms with Gasteiger partial charge in [-0.3, -0.25) is 0 Å². The maximum absolute atomic E-state index is 5.62. The third kappa shape index (κ3) is 2.77. The standard InChI is InChI=1S/C14H17N3O/c1-9(2)12-5-4-11(8-10(12)3)18-14-7-6-13(15)16-17-14/h4-9H,1-3H3,(H2,15,16). The minimum absolute atomic E-state index is 0.383. The average molecular weight is 243 g/mol. The van der Waals surface area contributed by atoms with Crippen LogP contribution in [0.5, 0.6) is 11.6 Å². The normalized spacial score (nSPS) is 10.7. The van der Waals surface area contributed by atoms with Crippen molar-refractivity contribution in [1.82, 2.24) is 10.2 Å². The number of aryl methyl sites for hydroxylation is 1. The number of nitrogen functional groups attached to an aromatic ring is 1. The minimum Gasteiger partial charge on any atom is -0.438 e. The fraction of sp³-hybridized carbons (Fsp3) is 0.286. The molecule has 1 aromatic carbocycles. The van der Waals surface area contributed by atoms with Crippen LogP contribution in [0, 0.1) is 6.92 Å². The molecule has 1 heterocycles. The zero-order valence-electron chi connectivity index (χ0n) is 10.8. The van der Waals surface area contributed by atoms with Crippen molar-refractivity contribution < 1.29 is 4.74 Å². The number of anilines is 1. The molecule has 0 atom stereocenters. The van der Waals surface area contributed by atoms with E-state index in [-0.39, 0.29) is 0 Å². The summed E-state index contributed by atoms with van der Waals surface area (Å²) in [6, 6.07) is 9.40. The van der Waals surface area contributed by atoms with E-state index in [1.807, 2.05) is 12.1 Å². The Balaban J connectivity index is 2.20. The molecule has 0 aliphatic rings. The summed E-state index contributed by atoms with van der Waals surface area (Å²) in [5.74, 6) is 2.10. The zero-order valence-corrected chi connectivity index (χ0v) is 10.8. The van der Waals surface area contributed by atoms with Crippen LogP contribution >= 0.6 is 0 Å². The summed E-state index contributed by atoms with van der Waals surface area (Å²) in [4.78, 5) is 0. The lowest BCUT2D eigenvalue weighted by atomic mass is 9.98. The fourth-order valence-corrected chi connectivity index (χ4v) is 1.86. The van der Waals surface area contributed by atoms with E-state index in [9.17, 15) is 0 Å². The molecule has 2 rings (SSSR count). The largest absolute Gasteiger partial charge is 0.438 e. The second kappa shape index (κ2) is 5.04. The molecule has 0 saturated carbocycles. The fourth-order valence-electron chi connectivity index (χ4n) is 1.86. The summed E-state index contributed by atoms with van der Waals surface area (Å²) in [7, 11) is 0. The molecule has 0 amide bonds. The first kappa shape index (κ1) is 12.4. The van der Waals surface area contributed by atoms with Gasteiger partial charge in [0.25, 0.3) is 0 Å². The molecule has 18 heavy (non-hydrogen) atoms. The van der Waals surface area contributed by atoms with Crippen molar-refractivity contribution in [3.05, 3.63) is 41.5 Å². The molecule has 0 radical (unpaired) electrons. The average Bonchev–Trinajstić information content (AvgIpc) is 2.32. The van der Waals surface area contributed by atoms with E-state index in [1.165, 1.54) is 11.1 Å². The molecule has 0 fully saturated rings. The first-order valence-corrected chi connectivity index (χ1v) is 5.94. The number of hydrogen-bond donors (Lipinski definition) is 1. The Labute approximate surface area is 107 Å². The molecule has 1 aromatic heterocycles. The van der Waals surface area contributed by atoms with E-state index in [0.29, 0.717) is 17.6 Å². The summed E-state index contributed by atoms with van der Waals surface area (Å²) in [6.45, 7) is 6.43. The lowest BCUT2D eigenvalue weighted by Crippen LogP contribution is -1.96. The predicted molar refractivity (Wildman–Crippen MR) is 71.8 cm³/mol. The molecule has 2 N–H and O–H groups in total. The Morgan fingerprint density at radius 3 is 2.44 bits per heavy atom. The maximum Gasteiger partial charge on any atom is 0.238 e. The minimum atomic E-state index is 0.383. The second-order valence-electron chi connectivity index (χ2n) is 4.57. The van der Waals surface area contributed by atoms with E-state index >= 15 is 0 Å². The maximum atomic E-state index is 5.62. The number of rotatable bonds is 3. The first-order chi connectivity index (χ1) is 8.56. The van der Waals surface area contributed by atoms with Gasteiger partial charge in [-0.1, -0.05) is 19.9 Å². The number of hydrogen-bond acceptors (Lipinski definition) is 4. The van der Waals surface area contributed by atoms with Gasteiger partial charge >= 0.3 is 0 Å². The van der Waals surface area contributed by atoms with Gasteiger partial charge in [0, 0.05) is 6.07 Å². The van der Waals surface area contributed by atoms with E-state index in [4.69, 9.17) is 10.5 Å². The Bertz CT molecular complexity index is 535. The van der Waals surface area contributed by atoms with E-state index in [1.54, 1.807) is 12.1 Å². The lowest BCUT2D eigenvalue weighted by Gasteiger charge is -2.11. The molecule has 0 saturated heterocycles. The first-order valence-electron chi connectivity index (χ1n) is 5.94. The van der Waals surface area contributed by atoms with Crippen LogP contribution in [0.2, 0.25) is 0 Å². The van der Waals surface area contributed by atoms with Gasteiger partial charge in [0.2, 0.25) is 5.88 Å². The highest BCUT2D eigenvalue weighted by Gasteiger charge is 2.06. The van der Waals surface area contributed by atoms with Crippen molar-refractivity contribution in [3.63, 3.8) is 0 Å². The van der Waals surface area contributed by atoms with E-state index < -0.39 is 0 Å². The van der Waals surface area contributed by atoms with Crippen LogP contribution < -0.4 is 10.5 Å². The molecular formula is C14H17N3O. The summed E-state index contributed by atoms with van der Waals surface area (Å²) < 4.78 is 5.62. The quantitative estimate of drug-likeness (QED) is 0.898. The van der Waals surface area contributed by atoms with Crippen LogP contribution in [0.15, 0.2) is 30.3 Å².